The van der Waals surface area contributed by atoms with Crippen LogP contribution in [0.1, 0.15) is 18.4 Å². The van der Waals surface area contributed by atoms with Gasteiger partial charge in [0.2, 0.25) is 15.9 Å². The summed E-state index contributed by atoms with van der Waals surface area (Å²) in [5.41, 5.74) is 1.30. The molecule has 1 aliphatic rings. The van der Waals surface area contributed by atoms with Gasteiger partial charge in [0, 0.05) is 30.5 Å². The number of benzene rings is 2. The van der Waals surface area contributed by atoms with Crippen LogP contribution in [0.25, 0.3) is 6.08 Å². The number of thiocarbonyl (C=S) groups is 1. The Hall–Kier alpha value is -2.79. The zero-order valence-electron chi connectivity index (χ0n) is 17.5. The second kappa shape index (κ2) is 11.2. The maximum atomic E-state index is 12.4. The number of methoxy groups -OCH3 is 1. The number of hydrogen-bond acceptors (Lipinski definition) is 6. The van der Waals surface area contributed by atoms with Gasteiger partial charge in [0.05, 0.1) is 18.1 Å². The van der Waals surface area contributed by atoms with Gasteiger partial charge in [-0.05, 0) is 61.5 Å². The minimum absolute atomic E-state index is 0.0799. The third-order valence-electron chi connectivity index (χ3n) is 4.74. The van der Waals surface area contributed by atoms with Crippen molar-refractivity contribution in [3.63, 3.8) is 0 Å². The Morgan fingerprint density at radius 1 is 1.22 bits per heavy atom. The summed E-state index contributed by atoms with van der Waals surface area (Å²) >= 11 is 5.15. The number of anilines is 1. The zero-order valence-corrected chi connectivity index (χ0v) is 19.2. The molecule has 0 aromatic heterocycles. The Kier molecular flexibility index (Phi) is 8.34. The Morgan fingerprint density at radius 3 is 2.66 bits per heavy atom. The summed E-state index contributed by atoms with van der Waals surface area (Å²) in [5.74, 6) is 0.239. The summed E-state index contributed by atoms with van der Waals surface area (Å²) < 4.78 is 38.1. The largest absolute Gasteiger partial charge is 0.496 e. The fraction of sp³-hybridized carbons (Fsp3) is 0.273. The lowest BCUT2D eigenvalue weighted by molar-refractivity contribution is -0.115. The van der Waals surface area contributed by atoms with Crippen molar-refractivity contribution >= 4 is 45.0 Å². The molecule has 0 aliphatic carbocycles. The van der Waals surface area contributed by atoms with Crippen LogP contribution in [0.15, 0.2) is 59.5 Å². The number of amides is 1. The van der Waals surface area contributed by atoms with Crippen LogP contribution in [-0.4, -0.2) is 45.8 Å². The Morgan fingerprint density at radius 2 is 1.97 bits per heavy atom. The van der Waals surface area contributed by atoms with Crippen LogP contribution in [-0.2, 0) is 19.6 Å². The van der Waals surface area contributed by atoms with Crippen molar-refractivity contribution in [1.29, 1.82) is 0 Å². The average molecular weight is 476 g/mol. The molecule has 1 heterocycles. The fourth-order valence-corrected chi connectivity index (χ4v) is 4.38. The van der Waals surface area contributed by atoms with E-state index in [1.807, 2.05) is 18.2 Å². The molecule has 2 aromatic rings. The molecular weight excluding hydrogens is 450 g/mol. The van der Waals surface area contributed by atoms with Crippen LogP contribution < -0.4 is 20.1 Å². The van der Waals surface area contributed by atoms with Gasteiger partial charge in [-0.2, -0.15) is 0 Å². The number of sulfonamides is 1. The van der Waals surface area contributed by atoms with E-state index in [0.29, 0.717) is 18.0 Å². The van der Waals surface area contributed by atoms with Crippen LogP contribution in [0.3, 0.4) is 0 Å². The lowest BCUT2D eigenvalue weighted by Gasteiger charge is -2.12. The van der Waals surface area contributed by atoms with Crippen LogP contribution in [0, 0.1) is 0 Å². The number of nitrogens with one attached hydrogen (secondary N) is 3. The highest BCUT2D eigenvalue weighted by atomic mass is 32.2. The molecule has 0 bridgehead atoms. The first-order valence-electron chi connectivity index (χ1n) is 10.0. The third kappa shape index (κ3) is 6.86. The summed E-state index contributed by atoms with van der Waals surface area (Å²) in [5, 5.41) is 5.49. The summed E-state index contributed by atoms with van der Waals surface area (Å²) in [6, 6.07) is 13.4. The molecule has 8 nitrogen and oxygen atoms in total. The molecule has 0 spiro atoms. The van der Waals surface area contributed by atoms with Crippen LogP contribution >= 0.6 is 12.2 Å². The lowest BCUT2D eigenvalue weighted by atomic mass is 10.2. The predicted octanol–water partition coefficient (Wildman–Crippen LogP) is 2.68. The van der Waals surface area contributed by atoms with E-state index in [0.717, 1.165) is 18.4 Å². The van der Waals surface area contributed by atoms with E-state index >= 15 is 0 Å². The van der Waals surface area contributed by atoms with E-state index in [4.69, 9.17) is 21.7 Å². The van der Waals surface area contributed by atoms with Crippen LogP contribution in [0.4, 0.5) is 5.69 Å². The van der Waals surface area contributed by atoms with Crippen molar-refractivity contribution in [2.45, 2.75) is 23.8 Å². The molecule has 1 aliphatic heterocycles. The second-order valence-electron chi connectivity index (χ2n) is 7.03. The molecule has 0 saturated carbocycles. The Bertz CT molecular complexity index is 1080. The molecule has 0 radical (unpaired) electrons. The predicted molar refractivity (Wildman–Crippen MR) is 127 cm³/mol. The molecule has 10 heteroatoms. The second-order valence-corrected chi connectivity index (χ2v) is 9.21. The van der Waals surface area contributed by atoms with Gasteiger partial charge in [0.25, 0.3) is 0 Å². The van der Waals surface area contributed by atoms with Gasteiger partial charge in [-0.1, -0.05) is 18.2 Å². The molecule has 1 atom stereocenters. The highest BCUT2D eigenvalue weighted by Gasteiger charge is 2.20. The highest BCUT2D eigenvalue weighted by molar-refractivity contribution is 7.89. The van der Waals surface area contributed by atoms with Gasteiger partial charge in [-0.25, -0.2) is 13.1 Å². The van der Waals surface area contributed by atoms with Gasteiger partial charge in [-0.15, -0.1) is 0 Å². The van der Waals surface area contributed by atoms with Gasteiger partial charge >= 0.3 is 0 Å². The van der Waals surface area contributed by atoms with E-state index in [1.165, 1.54) is 18.2 Å². The number of ether oxygens (including phenoxy) is 2. The molecule has 3 rings (SSSR count). The normalized spacial score (nSPS) is 16.1. The van der Waals surface area contributed by atoms with Gasteiger partial charge in [-0.3, -0.25) is 10.1 Å². The minimum atomic E-state index is -3.63. The Labute approximate surface area is 193 Å². The fourth-order valence-electron chi connectivity index (χ4n) is 3.09. The third-order valence-corrected chi connectivity index (χ3v) is 6.38. The molecule has 1 unspecified atom stereocenters. The smallest absolute Gasteiger partial charge is 0.250 e. The summed E-state index contributed by atoms with van der Waals surface area (Å²) in [6.45, 7) is 0.917. The summed E-state index contributed by atoms with van der Waals surface area (Å²) in [4.78, 5) is 12.3. The standard InChI is InChI=1S/C22H25N3O5S2/c1-29-20-7-3-2-5-16(20)8-13-21(26)25-22(31)24-17-9-11-19(12-10-17)32(27,28)23-15-18-6-4-14-30-18/h2-3,5,7-13,18,23H,4,6,14-15H2,1H3,(H2,24,25,26,31)/b13-8+. The quantitative estimate of drug-likeness (QED) is 0.398. The van der Waals surface area contributed by atoms with Gasteiger partial charge < -0.3 is 14.8 Å². The summed E-state index contributed by atoms with van der Waals surface area (Å²) in [7, 11) is -2.07. The molecule has 1 amide bonds. The number of para-hydroxylation sites is 1. The van der Waals surface area contributed by atoms with E-state index < -0.39 is 15.9 Å². The van der Waals surface area contributed by atoms with Gasteiger partial charge in [0.1, 0.15) is 5.75 Å². The zero-order chi connectivity index (χ0) is 23.0. The lowest BCUT2D eigenvalue weighted by Crippen LogP contribution is -2.33. The molecule has 32 heavy (non-hydrogen) atoms. The van der Waals surface area contributed by atoms with Gasteiger partial charge in [0.15, 0.2) is 5.11 Å². The van der Waals surface area contributed by atoms with Crippen LogP contribution in [0.5, 0.6) is 5.75 Å². The van der Waals surface area contributed by atoms with E-state index in [-0.39, 0.29) is 22.7 Å². The molecule has 1 fully saturated rings. The van der Waals surface area contributed by atoms with E-state index in [9.17, 15) is 13.2 Å². The van der Waals surface area contributed by atoms with Crippen molar-refractivity contribution in [3.05, 3.63) is 60.2 Å². The molecule has 2 aromatic carbocycles. The molecule has 170 valence electrons. The SMILES string of the molecule is COc1ccccc1/C=C/C(=O)NC(=S)Nc1ccc(S(=O)(=O)NCC2CCCO2)cc1. The highest BCUT2D eigenvalue weighted by Crippen LogP contribution is 2.18. The Balaban J connectivity index is 1.51. The maximum Gasteiger partial charge on any atom is 0.250 e. The summed E-state index contributed by atoms with van der Waals surface area (Å²) in [6.07, 6.45) is 4.69. The maximum absolute atomic E-state index is 12.4. The van der Waals surface area contributed by atoms with E-state index in [2.05, 4.69) is 15.4 Å². The first-order chi connectivity index (χ1) is 15.4. The van der Waals surface area contributed by atoms with Crippen molar-refractivity contribution < 1.29 is 22.7 Å². The number of carbonyl (C=O) groups is 1. The van der Waals surface area contributed by atoms with Crippen molar-refractivity contribution in [2.75, 3.05) is 25.6 Å². The topological polar surface area (TPSA) is 106 Å². The first-order valence-corrected chi connectivity index (χ1v) is 11.9. The number of rotatable bonds is 8. The number of carbonyl (C=O) groups excluding carboxylic acids is 1. The van der Waals surface area contributed by atoms with Crippen molar-refractivity contribution in [1.82, 2.24) is 10.0 Å². The minimum Gasteiger partial charge on any atom is -0.496 e. The van der Waals surface area contributed by atoms with E-state index in [1.54, 1.807) is 31.4 Å². The van der Waals surface area contributed by atoms with Crippen LogP contribution in [0.2, 0.25) is 0 Å². The first kappa shape index (κ1) is 23.9. The molecule has 3 N–H and O–H groups in total. The van der Waals surface area contributed by atoms with Crippen molar-refractivity contribution in [2.24, 2.45) is 0 Å². The molecule has 1 saturated heterocycles. The average Bonchev–Trinajstić information content (AvgIpc) is 3.31. The van der Waals surface area contributed by atoms with Crippen molar-refractivity contribution in [3.8, 4) is 5.75 Å². The number of hydrogen-bond donors (Lipinski definition) is 3. The monoisotopic (exact) mass is 475 g/mol. The molecular formula is C22H25N3O5S2.